The third-order valence-corrected chi connectivity index (χ3v) is 2.45. The van der Waals surface area contributed by atoms with Gasteiger partial charge in [-0.25, -0.2) is 0 Å². The second-order valence-corrected chi connectivity index (χ2v) is 3.79. The SMILES string of the molecule is CC/C=C\CCOc1ccccc1C(=O)CC. The van der Waals surface area contributed by atoms with E-state index in [2.05, 4.69) is 19.1 Å². The predicted molar refractivity (Wildman–Crippen MR) is 70.6 cm³/mol. The summed E-state index contributed by atoms with van der Waals surface area (Å²) in [7, 11) is 0. The molecule has 17 heavy (non-hydrogen) atoms. The molecule has 0 saturated carbocycles. The quantitative estimate of drug-likeness (QED) is 0.403. The van der Waals surface area contributed by atoms with Crippen molar-refractivity contribution >= 4 is 5.78 Å². The van der Waals surface area contributed by atoms with E-state index in [0.717, 1.165) is 12.8 Å². The van der Waals surface area contributed by atoms with Gasteiger partial charge in [0.1, 0.15) is 5.75 Å². The van der Waals surface area contributed by atoms with Crippen molar-refractivity contribution < 1.29 is 9.53 Å². The molecular weight excluding hydrogens is 212 g/mol. The van der Waals surface area contributed by atoms with E-state index in [1.165, 1.54) is 0 Å². The van der Waals surface area contributed by atoms with E-state index in [4.69, 9.17) is 4.74 Å². The van der Waals surface area contributed by atoms with Crippen LogP contribution in [-0.4, -0.2) is 12.4 Å². The molecule has 0 amide bonds. The third kappa shape index (κ3) is 4.43. The molecule has 1 rings (SSSR count). The number of benzene rings is 1. The molecule has 0 aliphatic heterocycles. The predicted octanol–water partition coefficient (Wildman–Crippen LogP) is 4.01. The summed E-state index contributed by atoms with van der Waals surface area (Å²) in [5.41, 5.74) is 0.689. The fraction of sp³-hybridized carbons (Fsp3) is 0.400. The molecule has 0 bridgehead atoms. The summed E-state index contributed by atoms with van der Waals surface area (Å²) in [5.74, 6) is 0.828. The van der Waals surface area contributed by atoms with Crippen LogP contribution in [0.25, 0.3) is 0 Å². The van der Waals surface area contributed by atoms with E-state index < -0.39 is 0 Å². The Kier molecular flexibility index (Phi) is 6.08. The summed E-state index contributed by atoms with van der Waals surface area (Å²) in [6.45, 7) is 4.58. The third-order valence-electron chi connectivity index (χ3n) is 2.45. The molecule has 2 nitrogen and oxygen atoms in total. The van der Waals surface area contributed by atoms with Gasteiger partial charge in [-0.15, -0.1) is 0 Å². The molecule has 0 heterocycles. The van der Waals surface area contributed by atoms with Crippen LogP contribution in [0.1, 0.15) is 43.5 Å². The highest BCUT2D eigenvalue weighted by Gasteiger charge is 2.09. The first-order valence-electron chi connectivity index (χ1n) is 6.19. The number of carbonyl (C=O) groups is 1. The summed E-state index contributed by atoms with van der Waals surface area (Å²) < 4.78 is 5.63. The molecule has 0 N–H and O–H groups in total. The number of rotatable bonds is 7. The standard InChI is InChI=1S/C15H20O2/c1-3-5-6-9-12-17-15-11-8-7-10-13(15)14(16)4-2/h5-8,10-11H,3-4,9,12H2,1-2H3/b6-5-. The van der Waals surface area contributed by atoms with Gasteiger partial charge in [0.15, 0.2) is 5.78 Å². The van der Waals surface area contributed by atoms with E-state index in [-0.39, 0.29) is 5.78 Å². The number of hydrogen-bond donors (Lipinski definition) is 0. The number of hydrogen-bond acceptors (Lipinski definition) is 2. The van der Waals surface area contributed by atoms with Gasteiger partial charge >= 0.3 is 0 Å². The Morgan fingerprint density at radius 3 is 2.71 bits per heavy atom. The topological polar surface area (TPSA) is 26.3 Å². The summed E-state index contributed by atoms with van der Waals surface area (Å²) >= 11 is 0. The van der Waals surface area contributed by atoms with E-state index in [0.29, 0.717) is 24.3 Å². The number of Topliss-reactive ketones (excluding diaryl/α,β-unsaturated/α-hetero) is 1. The molecule has 1 aromatic carbocycles. The Balaban J connectivity index is 2.58. The van der Waals surface area contributed by atoms with Crippen molar-refractivity contribution in [2.24, 2.45) is 0 Å². The molecule has 0 fully saturated rings. The molecule has 92 valence electrons. The lowest BCUT2D eigenvalue weighted by Gasteiger charge is -2.08. The largest absolute Gasteiger partial charge is 0.493 e. The summed E-state index contributed by atoms with van der Waals surface area (Å²) in [4.78, 5) is 11.7. The molecule has 0 radical (unpaired) electrons. The van der Waals surface area contributed by atoms with Crippen LogP contribution in [0.5, 0.6) is 5.75 Å². The number of para-hydroxylation sites is 1. The van der Waals surface area contributed by atoms with E-state index in [9.17, 15) is 4.79 Å². The van der Waals surface area contributed by atoms with Gasteiger partial charge in [-0.1, -0.05) is 38.1 Å². The minimum atomic E-state index is 0.129. The number of ketones is 1. The Morgan fingerprint density at radius 2 is 2.00 bits per heavy atom. The molecular formula is C15H20O2. The van der Waals surface area contributed by atoms with Crippen LogP contribution in [0.2, 0.25) is 0 Å². The normalized spacial score (nSPS) is 10.7. The van der Waals surface area contributed by atoms with Gasteiger partial charge in [0.2, 0.25) is 0 Å². The molecule has 2 heteroatoms. The fourth-order valence-electron chi connectivity index (χ4n) is 1.53. The van der Waals surface area contributed by atoms with Crippen LogP contribution in [-0.2, 0) is 0 Å². The van der Waals surface area contributed by atoms with E-state index >= 15 is 0 Å². The lowest BCUT2D eigenvalue weighted by Crippen LogP contribution is -2.03. The van der Waals surface area contributed by atoms with Crippen LogP contribution in [0, 0.1) is 0 Å². The maximum absolute atomic E-state index is 11.7. The molecule has 0 aliphatic carbocycles. The van der Waals surface area contributed by atoms with Gasteiger partial charge < -0.3 is 4.74 Å². The van der Waals surface area contributed by atoms with Crippen LogP contribution >= 0.6 is 0 Å². The number of allylic oxidation sites excluding steroid dienone is 1. The first-order valence-corrected chi connectivity index (χ1v) is 6.19. The van der Waals surface area contributed by atoms with E-state index in [1.807, 2.05) is 31.2 Å². The molecule has 0 spiro atoms. The van der Waals surface area contributed by atoms with Gasteiger partial charge in [0.05, 0.1) is 12.2 Å². The maximum Gasteiger partial charge on any atom is 0.166 e. The zero-order valence-corrected chi connectivity index (χ0v) is 10.6. The van der Waals surface area contributed by atoms with Gasteiger partial charge in [0.25, 0.3) is 0 Å². The summed E-state index contributed by atoms with van der Waals surface area (Å²) in [6.07, 6.45) is 6.65. The molecule has 1 aromatic rings. The van der Waals surface area contributed by atoms with Crippen LogP contribution in [0.3, 0.4) is 0 Å². The van der Waals surface area contributed by atoms with Crippen LogP contribution < -0.4 is 4.74 Å². The lowest BCUT2D eigenvalue weighted by atomic mass is 10.1. The highest BCUT2D eigenvalue weighted by Crippen LogP contribution is 2.19. The average Bonchev–Trinajstić information content (AvgIpc) is 2.38. The molecule has 0 aromatic heterocycles. The number of ether oxygens (including phenoxy) is 1. The minimum Gasteiger partial charge on any atom is -0.493 e. The second-order valence-electron chi connectivity index (χ2n) is 3.79. The molecule has 0 aliphatic rings. The minimum absolute atomic E-state index is 0.129. The highest BCUT2D eigenvalue weighted by molar-refractivity contribution is 5.98. The number of carbonyl (C=O) groups excluding carboxylic acids is 1. The second kappa shape index (κ2) is 7.66. The summed E-state index contributed by atoms with van der Waals surface area (Å²) in [5, 5.41) is 0. The van der Waals surface area contributed by atoms with Crippen molar-refractivity contribution in [2.45, 2.75) is 33.1 Å². The first-order chi connectivity index (χ1) is 8.29. The van der Waals surface area contributed by atoms with Crippen LogP contribution in [0.15, 0.2) is 36.4 Å². The zero-order chi connectivity index (χ0) is 12.5. The molecule has 0 atom stereocenters. The van der Waals surface area contributed by atoms with Gasteiger partial charge in [-0.05, 0) is 25.0 Å². The van der Waals surface area contributed by atoms with Crippen molar-refractivity contribution in [3.8, 4) is 5.75 Å². The van der Waals surface area contributed by atoms with E-state index in [1.54, 1.807) is 0 Å². The van der Waals surface area contributed by atoms with Gasteiger partial charge in [0, 0.05) is 6.42 Å². The van der Waals surface area contributed by atoms with Crippen molar-refractivity contribution in [2.75, 3.05) is 6.61 Å². The van der Waals surface area contributed by atoms with Gasteiger partial charge in [-0.2, -0.15) is 0 Å². The molecule has 0 saturated heterocycles. The Labute approximate surface area is 103 Å². The fourth-order valence-corrected chi connectivity index (χ4v) is 1.53. The Bertz CT molecular complexity index is 380. The molecule has 0 unspecified atom stereocenters. The van der Waals surface area contributed by atoms with Crippen molar-refractivity contribution in [3.05, 3.63) is 42.0 Å². The monoisotopic (exact) mass is 232 g/mol. The lowest BCUT2D eigenvalue weighted by molar-refractivity contribution is 0.0984. The smallest absolute Gasteiger partial charge is 0.166 e. The van der Waals surface area contributed by atoms with Crippen molar-refractivity contribution in [3.63, 3.8) is 0 Å². The zero-order valence-electron chi connectivity index (χ0n) is 10.6. The Hall–Kier alpha value is -1.57. The van der Waals surface area contributed by atoms with Crippen molar-refractivity contribution in [1.82, 2.24) is 0 Å². The average molecular weight is 232 g/mol. The highest BCUT2D eigenvalue weighted by atomic mass is 16.5. The Morgan fingerprint density at radius 1 is 1.24 bits per heavy atom. The van der Waals surface area contributed by atoms with Gasteiger partial charge in [-0.3, -0.25) is 4.79 Å². The maximum atomic E-state index is 11.7. The first kappa shape index (κ1) is 13.5. The van der Waals surface area contributed by atoms with Crippen LogP contribution in [0.4, 0.5) is 0 Å². The summed E-state index contributed by atoms with van der Waals surface area (Å²) in [6, 6.07) is 7.44. The van der Waals surface area contributed by atoms with Crippen molar-refractivity contribution in [1.29, 1.82) is 0 Å².